The molecule has 0 saturated carbocycles. The number of rotatable bonds is 0. The molecule has 0 radical (unpaired) electrons. The Hall–Kier alpha value is -0.340. The van der Waals surface area contributed by atoms with Gasteiger partial charge in [0.25, 0.3) is 7.64 Å². The Kier molecular flexibility index (Phi) is 1.37. The molecule has 5 heteroatoms. The molecular formula is C4H10N2O2P+. The van der Waals surface area contributed by atoms with Gasteiger partial charge in [0.2, 0.25) is 0 Å². The van der Waals surface area contributed by atoms with Crippen LogP contribution in [0.25, 0.3) is 0 Å². The predicted molar refractivity (Wildman–Crippen MR) is 36.2 cm³/mol. The van der Waals surface area contributed by atoms with Crippen LogP contribution in [0.3, 0.4) is 0 Å². The zero-order valence-electron chi connectivity index (χ0n) is 5.38. The Morgan fingerprint density at radius 2 is 2.33 bits per heavy atom. The highest BCUT2D eigenvalue weighted by Gasteiger charge is 2.46. The lowest BCUT2D eigenvalue weighted by atomic mass is 10.7. The number of carbonyl (C=O) groups excluding carboxylic acids is 1. The van der Waals surface area contributed by atoms with Gasteiger partial charge in [-0.25, -0.2) is 9.69 Å². The Bertz CT molecular complexity index is 148. The number of carbonyl (C=O) groups is 1. The van der Waals surface area contributed by atoms with E-state index in [1.165, 1.54) is 0 Å². The largest absolute Gasteiger partial charge is 0.352 e. The van der Waals surface area contributed by atoms with E-state index >= 15 is 0 Å². The van der Waals surface area contributed by atoms with Gasteiger partial charge in [-0.3, -0.25) is 5.32 Å². The summed E-state index contributed by atoms with van der Waals surface area (Å²) < 4.78 is 0. The van der Waals surface area contributed by atoms with Gasteiger partial charge in [-0.05, 0) is 6.92 Å². The summed E-state index contributed by atoms with van der Waals surface area (Å²) in [6.45, 7) is 3.45. The summed E-state index contributed by atoms with van der Waals surface area (Å²) in [5.74, 6) is -0.106. The van der Waals surface area contributed by atoms with Gasteiger partial charge in [-0.1, -0.05) is 0 Å². The van der Waals surface area contributed by atoms with Crippen molar-refractivity contribution < 1.29 is 9.69 Å². The number of urea groups is 1. The van der Waals surface area contributed by atoms with Crippen LogP contribution < -0.4 is 10.4 Å². The fourth-order valence-corrected chi connectivity index (χ4v) is 1.69. The molecule has 2 unspecified atom stereocenters. The molecule has 1 saturated heterocycles. The first-order chi connectivity index (χ1) is 4.02. The number of amides is 2. The molecule has 2 atom stereocenters. The SMILES string of the molecule is CC1NC(=O)N[P+]1(C)O. The molecule has 0 aliphatic carbocycles. The minimum absolute atomic E-state index is 0.106. The third-order valence-electron chi connectivity index (χ3n) is 1.42. The van der Waals surface area contributed by atoms with E-state index in [9.17, 15) is 9.69 Å². The zero-order valence-corrected chi connectivity index (χ0v) is 6.27. The van der Waals surface area contributed by atoms with Crippen LogP contribution in [-0.2, 0) is 0 Å². The first-order valence-electron chi connectivity index (χ1n) is 2.70. The van der Waals surface area contributed by atoms with E-state index in [1.807, 2.05) is 0 Å². The van der Waals surface area contributed by atoms with Crippen LogP contribution in [0.15, 0.2) is 0 Å². The van der Waals surface area contributed by atoms with Crippen LogP contribution in [0.1, 0.15) is 6.92 Å². The molecule has 0 spiro atoms. The molecule has 3 N–H and O–H groups in total. The molecule has 1 rings (SSSR count). The molecule has 0 aromatic carbocycles. The minimum Gasteiger partial charge on any atom is -0.297 e. The maximum absolute atomic E-state index is 10.5. The molecule has 1 fully saturated rings. The molecule has 1 aliphatic heterocycles. The standard InChI is InChI=1S/C4H9N2O2P/c1-3-5-4(7)6-9(3,2)8/h3,8H,1-2H3,(H-,5,6,7)/p+1. The Morgan fingerprint density at radius 1 is 1.78 bits per heavy atom. The van der Waals surface area contributed by atoms with Crippen LogP contribution >= 0.6 is 7.64 Å². The molecule has 9 heavy (non-hydrogen) atoms. The van der Waals surface area contributed by atoms with Crippen molar-refractivity contribution in [3.63, 3.8) is 0 Å². The van der Waals surface area contributed by atoms with Crippen LogP contribution in [0, 0.1) is 0 Å². The molecule has 4 nitrogen and oxygen atoms in total. The van der Waals surface area contributed by atoms with Crippen LogP contribution in [0.5, 0.6) is 0 Å². The first kappa shape index (κ1) is 6.78. The fraction of sp³-hybridized carbons (Fsp3) is 0.750. The van der Waals surface area contributed by atoms with Crippen molar-refractivity contribution in [3.8, 4) is 0 Å². The second-order valence-corrected chi connectivity index (χ2v) is 5.34. The monoisotopic (exact) mass is 149 g/mol. The topological polar surface area (TPSA) is 61.4 Å². The van der Waals surface area contributed by atoms with Crippen molar-refractivity contribution in [1.82, 2.24) is 10.4 Å². The Morgan fingerprint density at radius 3 is 2.44 bits per heavy atom. The number of nitrogens with one attached hydrogen (secondary N) is 2. The Balaban J connectivity index is 2.69. The van der Waals surface area contributed by atoms with Gasteiger partial charge >= 0.3 is 6.03 Å². The summed E-state index contributed by atoms with van der Waals surface area (Å²) in [6.07, 6.45) is 0. The summed E-state index contributed by atoms with van der Waals surface area (Å²) >= 11 is 0. The highest BCUT2D eigenvalue weighted by molar-refractivity contribution is 7.69. The average Bonchev–Trinajstić information content (AvgIpc) is 1.79. The molecule has 1 heterocycles. The third kappa shape index (κ3) is 1.14. The summed E-state index contributed by atoms with van der Waals surface area (Å²) in [5.41, 5.74) is 0. The maximum atomic E-state index is 10.5. The van der Waals surface area contributed by atoms with Crippen molar-refractivity contribution in [2.24, 2.45) is 0 Å². The van der Waals surface area contributed by atoms with Crippen molar-refractivity contribution in [3.05, 3.63) is 0 Å². The number of hydrogen-bond acceptors (Lipinski definition) is 2. The Labute approximate surface area is 54.1 Å². The van der Waals surface area contributed by atoms with Gasteiger partial charge in [0.15, 0.2) is 5.78 Å². The normalized spacial score (nSPS) is 42.1. The van der Waals surface area contributed by atoms with Crippen molar-refractivity contribution in [2.45, 2.75) is 12.7 Å². The first-order valence-corrected chi connectivity index (χ1v) is 4.96. The van der Waals surface area contributed by atoms with E-state index in [4.69, 9.17) is 0 Å². The van der Waals surface area contributed by atoms with E-state index in [1.54, 1.807) is 13.6 Å². The molecule has 0 aromatic rings. The maximum Gasteiger partial charge on any atom is 0.352 e. The quantitative estimate of drug-likeness (QED) is 0.428. The molecule has 52 valence electrons. The van der Waals surface area contributed by atoms with E-state index in [0.29, 0.717) is 0 Å². The molecule has 0 aromatic heterocycles. The van der Waals surface area contributed by atoms with Crippen molar-refractivity contribution in [2.75, 3.05) is 6.66 Å². The minimum atomic E-state index is -2.15. The molecular weight excluding hydrogens is 139 g/mol. The summed E-state index contributed by atoms with van der Waals surface area (Å²) in [4.78, 5) is 19.9. The van der Waals surface area contributed by atoms with Gasteiger partial charge in [0.1, 0.15) is 0 Å². The van der Waals surface area contributed by atoms with Crippen LogP contribution in [-0.4, -0.2) is 23.4 Å². The van der Waals surface area contributed by atoms with E-state index < -0.39 is 7.64 Å². The van der Waals surface area contributed by atoms with E-state index in [2.05, 4.69) is 10.4 Å². The van der Waals surface area contributed by atoms with E-state index in [0.717, 1.165) is 0 Å². The van der Waals surface area contributed by atoms with E-state index in [-0.39, 0.29) is 11.8 Å². The van der Waals surface area contributed by atoms with Gasteiger partial charge in [-0.15, -0.1) is 0 Å². The number of hydrogen-bond donors (Lipinski definition) is 3. The third-order valence-corrected chi connectivity index (χ3v) is 3.72. The highest BCUT2D eigenvalue weighted by Crippen LogP contribution is 2.52. The van der Waals surface area contributed by atoms with Gasteiger partial charge in [0.05, 0.1) is 6.66 Å². The lowest BCUT2D eigenvalue weighted by Gasteiger charge is -2.08. The van der Waals surface area contributed by atoms with Crippen LogP contribution in [0.4, 0.5) is 4.79 Å². The fourth-order valence-electron chi connectivity index (χ4n) is 0.650. The summed E-state index contributed by atoms with van der Waals surface area (Å²) in [6, 6.07) is -0.263. The second-order valence-electron chi connectivity index (χ2n) is 2.29. The zero-order chi connectivity index (χ0) is 7.07. The lowest BCUT2D eigenvalue weighted by molar-refractivity contribution is 0.248. The van der Waals surface area contributed by atoms with Crippen molar-refractivity contribution >= 4 is 13.7 Å². The highest BCUT2D eigenvalue weighted by atomic mass is 31.2. The molecule has 0 bridgehead atoms. The average molecular weight is 149 g/mol. The lowest BCUT2D eigenvalue weighted by Crippen LogP contribution is -2.23. The molecule has 1 aliphatic rings. The summed E-state index contributed by atoms with van der Waals surface area (Å²) in [5, 5.41) is 5.02. The van der Waals surface area contributed by atoms with Crippen molar-refractivity contribution in [1.29, 1.82) is 0 Å². The second kappa shape index (κ2) is 1.82. The van der Waals surface area contributed by atoms with Crippen LogP contribution in [0.2, 0.25) is 0 Å². The summed E-state index contributed by atoms with van der Waals surface area (Å²) in [7, 11) is -2.15. The van der Waals surface area contributed by atoms with Gasteiger partial charge < -0.3 is 0 Å². The molecule has 2 amide bonds. The predicted octanol–water partition coefficient (Wildman–Crippen LogP) is 0.115. The van der Waals surface area contributed by atoms with Gasteiger partial charge in [0, 0.05) is 0 Å². The smallest absolute Gasteiger partial charge is 0.297 e. The van der Waals surface area contributed by atoms with Gasteiger partial charge in [-0.2, -0.15) is 5.09 Å².